The van der Waals surface area contributed by atoms with Crippen LogP contribution in [-0.4, -0.2) is 35.4 Å². The number of hydrogen-bond acceptors (Lipinski definition) is 8. The van der Waals surface area contributed by atoms with Crippen LogP contribution in [0.5, 0.6) is 0 Å². The van der Waals surface area contributed by atoms with Gasteiger partial charge in [0, 0.05) is 22.8 Å². The van der Waals surface area contributed by atoms with Crippen molar-refractivity contribution in [2.45, 2.75) is 13.5 Å². The standard InChI is InChI=1S/C20H14ClN7O4/c1-11-8-15(25-31-11)22-16(29)10-28-20(30)27-7-3-6-14(18(27)24-28)19-23-17(26-32-19)12-4-2-5-13(21)9-12/h2-9H,10H2,1H3,(H,22,25,29). The Balaban J connectivity index is 1.47. The summed E-state index contributed by atoms with van der Waals surface area (Å²) in [6, 6.07) is 11.9. The number of carbonyl (C=O) groups excluding carboxylic acids is 1. The molecule has 4 heterocycles. The van der Waals surface area contributed by atoms with E-state index in [9.17, 15) is 9.59 Å². The summed E-state index contributed by atoms with van der Waals surface area (Å²) in [6.45, 7) is 1.38. The molecule has 0 aliphatic heterocycles. The predicted octanol–water partition coefficient (Wildman–Crippen LogP) is 2.80. The minimum absolute atomic E-state index is 0.172. The highest BCUT2D eigenvalue weighted by molar-refractivity contribution is 6.30. The molecular weight excluding hydrogens is 438 g/mol. The molecule has 1 amide bonds. The fourth-order valence-electron chi connectivity index (χ4n) is 3.13. The summed E-state index contributed by atoms with van der Waals surface area (Å²) in [6.07, 6.45) is 1.54. The molecule has 0 bridgehead atoms. The monoisotopic (exact) mass is 451 g/mol. The van der Waals surface area contributed by atoms with Gasteiger partial charge >= 0.3 is 5.69 Å². The molecule has 0 saturated carbocycles. The number of aromatic nitrogens is 6. The number of halogens is 1. The van der Waals surface area contributed by atoms with E-state index in [2.05, 4.69) is 25.7 Å². The number of hydrogen-bond donors (Lipinski definition) is 1. The number of amides is 1. The van der Waals surface area contributed by atoms with E-state index in [1.165, 1.54) is 10.6 Å². The number of nitrogens with zero attached hydrogens (tertiary/aromatic N) is 6. The first-order valence-corrected chi connectivity index (χ1v) is 9.77. The van der Waals surface area contributed by atoms with E-state index in [4.69, 9.17) is 20.6 Å². The lowest BCUT2D eigenvalue weighted by Gasteiger charge is -1.99. The molecule has 5 aromatic rings. The number of pyridine rings is 1. The summed E-state index contributed by atoms with van der Waals surface area (Å²) in [5.41, 5.74) is 0.894. The minimum atomic E-state index is -0.497. The molecule has 0 aliphatic rings. The van der Waals surface area contributed by atoms with Crippen LogP contribution in [0.25, 0.3) is 28.5 Å². The Morgan fingerprint density at radius 2 is 2.03 bits per heavy atom. The van der Waals surface area contributed by atoms with Crippen molar-refractivity contribution < 1.29 is 13.8 Å². The zero-order chi connectivity index (χ0) is 22.2. The van der Waals surface area contributed by atoms with Crippen molar-refractivity contribution in [2.75, 3.05) is 5.32 Å². The van der Waals surface area contributed by atoms with Crippen molar-refractivity contribution in [3.63, 3.8) is 0 Å². The van der Waals surface area contributed by atoms with Crippen molar-refractivity contribution in [1.29, 1.82) is 0 Å². The van der Waals surface area contributed by atoms with E-state index in [1.807, 2.05) is 0 Å². The van der Waals surface area contributed by atoms with Crippen LogP contribution in [-0.2, 0) is 11.3 Å². The van der Waals surface area contributed by atoms with Crippen LogP contribution in [0.15, 0.2) is 62.5 Å². The molecule has 12 heteroatoms. The summed E-state index contributed by atoms with van der Waals surface area (Å²) in [4.78, 5) is 29.4. The molecule has 0 fully saturated rings. The van der Waals surface area contributed by atoms with Gasteiger partial charge in [-0.3, -0.25) is 4.79 Å². The van der Waals surface area contributed by atoms with E-state index in [0.29, 0.717) is 27.7 Å². The van der Waals surface area contributed by atoms with Gasteiger partial charge in [0.05, 0.1) is 5.56 Å². The summed E-state index contributed by atoms with van der Waals surface area (Å²) in [5.74, 6) is 0.834. The fourth-order valence-corrected chi connectivity index (χ4v) is 3.32. The van der Waals surface area contributed by atoms with Crippen molar-refractivity contribution in [3.8, 4) is 22.8 Å². The smallest absolute Gasteiger partial charge is 0.350 e. The van der Waals surface area contributed by atoms with Gasteiger partial charge in [-0.2, -0.15) is 4.98 Å². The Kier molecular flexibility index (Phi) is 4.79. The second-order valence-corrected chi connectivity index (χ2v) is 7.30. The number of anilines is 1. The zero-order valence-electron chi connectivity index (χ0n) is 16.5. The van der Waals surface area contributed by atoms with Gasteiger partial charge in [-0.25, -0.2) is 13.9 Å². The number of rotatable bonds is 5. The maximum absolute atomic E-state index is 12.7. The molecule has 0 atom stereocenters. The largest absolute Gasteiger partial charge is 0.360 e. The summed E-state index contributed by atoms with van der Waals surface area (Å²) < 4.78 is 12.6. The van der Waals surface area contributed by atoms with E-state index in [0.717, 1.165) is 4.68 Å². The van der Waals surface area contributed by atoms with Gasteiger partial charge in [0.1, 0.15) is 12.3 Å². The highest BCUT2D eigenvalue weighted by Crippen LogP contribution is 2.25. The minimum Gasteiger partial charge on any atom is -0.360 e. The number of benzene rings is 1. The van der Waals surface area contributed by atoms with E-state index < -0.39 is 11.6 Å². The lowest BCUT2D eigenvalue weighted by molar-refractivity contribution is -0.117. The maximum Gasteiger partial charge on any atom is 0.350 e. The molecule has 5 rings (SSSR count). The summed E-state index contributed by atoms with van der Waals surface area (Å²) in [5, 5.41) is 15.1. The maximum atomic E-state index is 12.7. The Labute approximate surface area is 184 Å². The highest BCUT2D eigenvalue weighted by atomic mass is 35.5. The molecule has 11 nitrogen and oxygen atoms in total. The molecule has 0 saturated heterocycles. The highest BCUT2D eigenvalue weighted by Gasteiger charge is 2.19. The van der Waals surface area contributed by atoms with Crippen LogP contribution in [0.4, 0.5) is 5.82 Å². The second-order valence-electron chi connectivity index (χ2n) is 6.86. The molecule has 32 heavy (non-hydrogen) atoms. The van der Waals surface area contributed by atoms with Crippen LogP contribution < -0.4 is 11.0 Å². The Hall–Kier alpha value is -4.25. The van der Waals surface area contributed by atoms with Crippen LogP contribution in [0, 0.1) is 6.92 Å². The first-order chi connectivity index (χ1) is 15.5. The van der Waals surface area contributed by atoms with E-state index in [1.54, 1.807) is 49.4 Å². The molecule has 160 valence electrons. The first-order valence-electron chi connectivity index (χ1n) is 9.39. The average Bonchev–Trinajstić information content (AvgIpc) is 3.48. The molecule has 1 aromatic carbocycles. The molecule has 0 aliphatic carbocycles. The Morgan fingerprint density at radius 3 is 2.81 bits per heavy atom. The van der Waals surface area contributed by atoms with E-state index in [-0.39, 0.29) is 23.9 Å². The third-order valence-electron chi connectivity index (χ3n) is 4.54. The summed E-state index contributed by atoms with van der Waals surface area (Å²) in [7, 11) is 0. The van der Waals surface area contributed by atoms with Gasteiger partial charge in [-0.05, 0) is 31.2 Å². The van der Waals surface area contributed by atoms with Crippen molar-refractivity contribution >= 4 is 29.0 Å². The van der Waals surface area contributed by atoms with Gasteiger partial charge < -0.3 is 14.4 Å². The molecule has 0 unspecified atom stereocenters. The lowest BCUT2D eigenvalue weighted by Crippen LogP contribution is -2.28. The number of aryl methyl sites for hydroxylation is 1. The van der Waals surface area contributed by atoms with Gasteiger partial charge in [-0.1, -0.05) is 34.0 Å². The SMILES string of the molecule is Cc1cc(NC(=O)Cn2nc3c(-c4nc(-c5cccc(Cl)c5)no4)cccn3c2=O)no1. The Bertz CT molecular complexity index is 1510. The second kappa shape index (κ2) is 7.78. The van der Waals surface area contributed by atoms with Crippen molar-refractivity contribution in [1.82, 2.24) is 29.5 Å². The lowest BCUT2D eigenvalue weighted by atomic mass is 10.2. The average molecular weight is 452 g/mol. The number of fused-ring (bicyclic) bond motifs is 1. The first kappa shape index (κ1) is 19.7. The van der Waals surface area contributed by atoms with Gasteiger partial charge in [0.25, 0.3) is 5.89 Å². The summed E-state index contributed by atoms with van der Waals surface area (Å²) >= 11 is 6.03. The third-order valence-corrected chi connectivity index (χ3v) is 4.77. The van der Waals surface area contributed by atoms with E-state index >= 15 is 0 Å². The molecule has 0 spiro atoms. The fraction of sp³-hybridized carbons (Fsp3) is 0.100. The van der Waals surface area contributed by atoms with Gasteiger partial charge in [0.2, 0.25) is 11.7 Å². The normalized spacial score (nSPS) is 11.2. The topological polar surface area (TPSA) is 133 Å². The molecule has 0 radical (unpaired) electrons. The zero-order valence-corrected chi connectivity index (χ0v) is 17.3. The quantitative estimate of drug-likeness (QED) is 0.431. The van der Waals surface area contributed by atoms with Crippen LogP contribution >= 0.6 is 11.6 Å². The number of nitrogens with one attached hydrogen (secondary N) is 1. The predicted molar refractivity (Wildman–Crippen MR) is 113 cm³/mol. The van der Waals surface area contributed by atoms with Crippen molar-refractivity contribution in [2.24, 2.45) is 0 Å². The van der Waals surface area contributed by atoms with Crippen LogP contribution in [0.3, 0.4) is 0 Å². The van der Waals surface area contributed by atoms with Gasteiger partial charge in [-0.15, -0.1) is 5.10 Å². The number of carbonyl (C=O) groups is 1. The van der Waals surface area contributed by atoms with Crippen LogP contribution in [0.2, 0.25) is 5.02 Å². The third kappa shape index (κ3) is 3.65. The van der Waals surface area contributed by atoms with Crippen molar-refractivity contribution in [3.05, 3.63) is 69.9 Å². The van der Waals surface area contributed by atoms with Gasteiger partial charge in [0.15, 0.2) is 11.5 Å². The molecule has 1 N–H and O–H groups in total. The molecule has 4 aromatic heterocycles. The Morgan fingerprint density at radius 1 is 1.16 bits per heavy atom. The molecular formula is C20H14ClN7O4. The van der Waals surface area contributed by atoms with Crippen LogP contribution in [0.1, 0.15) is 5.76 Å².